The van der Waals surface area contributed by atoms with Crippen molar-refractivity contribution in [3.05, 3.63) is 27.9 Å². The molecule has 1 aliphatic heterocycles. The van der Waals surface area contributed by atoms with Gasteiger partial charge in [0.15, 0.2) is 6.20 Å². The van der Waals surface area contributed by atoms with Gasteiger partial charge in [-0.1, -0.05) is 0 Å². The fourth-order valence-corrected chi connectivity index (χ4v) is 1.90. The molecule has 1 aliphatic rings. The van der Waals surface area contributed by atoms with Gasteiger partial charge in [0.1, 0.15) is 0 Å². The van der Waals surface area contributed by atoms with E-state index in [9.17, 15) is 14.9 Å². The number of aromatic carboxylic acids is 1. The van der Waals surface area contributed by atoms with E-state index in [1.165, 1.54) is 6.20 Å². The number of nitro groups is 1. The minimum Gasteiger partial charge on any atom is -0.478 e. The number of carbonyl (C=O) groups is 1. The van der Waals surface area contributed by atoms with E-state index >= 15 is 0 Å². The lowest BCUT2D eigenvalue weighted by Gasteiger charge is -2.24. The third-order valence-corrected chi connectivity index (χ3v) is 2.89. The van der Waals surface area contributed by atoms with Crippen molar-refractivity contribution in [3.63, 3.8) is 0 Å². The molecule has 2 N–H and O–H groups in total. The first-order valence-electron chi connectivity index (χ1n) is 5.80. The van der Waals surface area contributed by atoms with E-state index in [1.54, 1.807) is 0 Å². The van der Waals surface area contributed by atoms with Gasteiger partial charge in [-0.15, -0.1) is 0 Å². The molecule has 0 radical (unpaired) electrons. The number of aromatic nitrogens is 1. The zero-order valence-electron chi connectivity index (χ0n) is 10.0. The largest absolute Gasteiger partial charge is 0.478 e. The highest BCUT2D eigenvalue weighted by atomic mass is 16.6. The van der Waals surface area contributed by atoms with Gasteiger partial charge in [0, 0.05) is 19.3 Å². The molecule has 102 valence electrons. The molecule has 1 saturated heterocycles. The van der Waals surface area contributed by atoms with E-state index in [2.05, 4.69) is 10.3 Å². The molecule has 0 bridgehead atoms. The zero-order chi connectivity index (χ0) is 13.8. The number of nitrogens with one attached hydrogen (secondary N) is 1. The Labute approximate surface area is 108 Å². The van der Waals surface area contributed by atoms with Crippen LogP contribution in [0.25, 0.3) is 0 Å². The lowest BCUT2D eigenvalue weighted by Crippen LogP contribution is -2.28. The predicted octanol–water partition coefficient (Wildman–Crippen LogP) is 1.28. The van der Waals surface area contributed by atoms with E-state index in [-0.39, 0.29) is 11.6 Å². The number of ether oxygens (including phenoxy) is 1. The quantitative estimate of drug-likeness (QED) is 0.623. The van der Waals surface area contributed by atoms with Gasteiger partial charge in [0.2, 0.25) is 0 Å². The summed E-state index contributed by atoms with van der Waals surface area (Å²) in [7, 11) is 0. The molecule has 0 amide bonds. The molecule has 0 atom stereocenters. The molecule has 0 unspecified atom stereocenters. The van der Waals surface area contributed by atoms with E-state index < -0.39 is 16.7 Å². The summed E-state index contributed by atoms with van der Waals surface area (Å²) in [4.78, 5) is 24.6. The van der Waals surface area contributed by atoms with Crippen molar-refractivity contribution in [2.24, 2.45) is 0 Å². The highest BCUT2D eigenvalue weighted by molar-refractivity contribution is 5.94. The fourth-order valence-electron chi connectivity index (χ4n) is 1.90. The summed E-state index contributed by atoms with van der Waals surface area (Å²) in [5.41, 5.74) is 0.151. The molecule has 0 aromatic carbocycles. The molecule has 0 saturated carbocycles. The predicted molar refractivity (Wildman–Crippen MR) is 65.3 cm³/mol. The van der Waals surface area contributed by atoms with Gasteiger partial charge in [-0.3, -0.25) is 0 Å². The molecule has 19 heavy (non-hydrogen) atoms. The highest BCUT2D eigenvalue weighted by Crippen LogP contribution is 2.22. The van der Waals surface area contributed by atoms with Crippen LogP contribution in [0.1, 0.15) is 23.2 Å². The molecule has 1 fully saturated rings. The van der Waals surface area contributed by atoms with Gasteiger partial charge >= 0.3 is 11.8 Å². The lowest BCUT2D eigenvalue weighted by atomic mass is 10.1. The SMILES string of the molecule is O=C(O)c1cc([N+](=O)[O-])ncc1NC1CCOCC1. The number of carboxylic acids is 1. The van der Waals surface area contributed by atoms with Gasteiger partial charge in [0.25, 0.3) is 0 Å². The van der Waals surface area contributed by atoms with Crippen LogP contribution in [0.15, 0.2) is 12.3 Å². The average Bonchev–Trinajstić information content (AvgIpc) is 2.39. The Morgan fingerprint density at radius 3 is 2.79 bits per heavy atom. The minimum absolute atomic E-state index is 0.0927. The number of pyridine rings is 1. The van der Waals surface area contributed by atoms with Crippen LogP contribution in [0.4, 0.5) is 11.5 Å². The van der Waals surface area contributed by atoms with Crippen LogP contribution in [0.3, 0.4) is 0 Å². The number of rotatable bonds is 4. The van der Waals surface area contributed by atoms with Crippen molar-refractivity contribution >= 4 is 17.5 Å². The van der Waals surface area contributed by atoms with Crippen molar-refractivity contribution in [1.82, 2.24) is 4.98 Å². The summed E-state index contributed by atoms with van der Waals surface area (Å²) in [6, 6.07) is 1.05. The van der Waals surface area contributed by atoms with E-state index in [1.807, 2.05) is 0 Å². The van der Waals surface area contributed by atoms with Gasteiger partial charge in [0.05, 0.1) is 17.3 Å². The molecule has 2 heterocycles. The first kappa shape index (κ1) is 13.2. The molecule has 0 aliphatic carbocycles. The van der Waals surface area contributed by atoms with Crippen molar-refractivity contribution in [3.8, 4) is 0 Å². The number of hydrogen-bond donors (Lipinski definition) is 2. The fraction of sp³-hybridized carbons (Fsp3) is 0.455. The second-order valence-corrected chi connectivity index (χ2v) is 4.18. The second-order valence-electron chi connectivity index (χ2n) is 4.18. The van der Waals surface area contributed by atoms with E-state index in [0.29, 0.717) is 18.9 Å². The highest BCUT2D eigenvalue weighted by Gasteiger charge is 2.21. The molecule has 0 spiro atoms. The molecule has 1 aromatic heterocycles. The first-order chi connectivity index (χ1) is 9.08. The maximum Gasteiger partial charge on any atom is 0.364 e. The summed E-state index contributed by atoms with van der Waals surface area (Å²) in [6.07, 6.45) is 2.71. The normalized spacial score (nSPS) is 16.0. The summed E-state index contributed by atoms with van der Waals surface area (Å²) in [5.74, 6) is -1.70. The number of hydrogen-bond acceptors (Lipinski definition) is 6. The summed E-state index contributed by atoms with van der Waals surface area (Å²) >= 11 is 0. The average molecular weight is 267 g/mol. The van der Waals surface area contributed by atoms with E-state index in [4.69, 9.17) is 9.84 Å². The first-order valence-corrected chi connectivity index (χ1v) is 5.80. The smallest absolute Gasteiger partial charge is 0.364 e. The summed E-state index contributed by atoms with van der Waals surface area (Å²) in [6.45, 7) is 1.22. The second kappa shape index (κ2) is 5.61. The Hall–Kier alpha value is -2.22. The van der Waals surface area contributed by atoms with Crippen LogP contribution in [-0.2, 0) is 4.74 Å². The van der Waals surface area contributed by atoms with Crippen LogP contribution in [0.2, 0.25) is 0 Å². The van der Waals surface area contributed by atoms with Gasteiger partial charge in [-0.05, 0) is 22.7 Å². The minimum atomic E-state index is -1.22. The molecular formula is C11H13N3O5. The monoisotopic (exact) mass is 267 g/mol. The van der Waals surface area contributed by atoms with Gasteiger partial charge < -0.3 is 25.3 Å². The summed E-state index contributed by atoms with van der Waals surface area (Å²) < 4.78 is 5.20. The maximum atomic E-state index is 11.1. The van der Waals surface area contributed by atoms with Crippen molar-refractivity contribution < 1.29 is 19.6 Å². The van der Waals surface area contributed by atoms with Crippen molar-refractivity contribution in [2.45, 2.75) is 18.9 Å². The molecule has 2 rings (SSSR count). The molecular weight excluding hydrogens is 254 g/mol. The standard InChI is InChI=1S/C11H13N3O5/c15-11(16)8-5-10(14(17)18)12-6-9(8)13-7-1-3-19-4-2-7/h5-7,13H,1-4H2,(H,15,16). The number of anilines is 1. The van der Waals surface area contributed by atoms with Crippen LogP contribution in [0, 0.1) is 10.1 Å². The number of carboxylic acid groups (broad SMARTS) is 1. The Bertz CT molecular complexity index is 499. The van der Waals surface area contributed by atoms with Crippen molar-refractivity contribution in [2.75, 3.05) is 18.5 Å². The van der Waals surface area contributed by atoms with Crippen LogP contribution < -0.4 is 5.32 Å². The van der Waals surface area contributed by atoms with Crippen LogP contribution >= 0.6 is 0 Å². The summed E-state index contributed by atoms with van der Waals surface area (Å²) in [5, 5.41) is 22.7. The Balaban J connectivity index is 2.23. The maximum absolute atomic E-state index is 11.1. The number of nitrogens with zero attached hydrogens (tertiary/aromatic N) is 2. The molecule has 1 aromatic rings. The Kier molecular flexibility index (Phi) is 3.91. The van der Waals surface area contributed by atoms with E-state index in [0.717, 1.165) is 18.9 Å². The Morgan fingerprint density at radius 2 is 2.21 bits per heavy atom. The Morgan fingerprint density at radius 1 is 1.53 bits per heavy atom. The van der Waals surface area contributed by atoms with Gasteiger partial charge in [-0.25, -0.2) is 4.79 Å². The third-order valence-electron chi connectivity index (χ3n) is 2.89. The lowest BCUT2D eigenvalue weighted by molar-refractivity contribution is -0.389. The zero-order valence-corrected chi connectivity index (χ0v) is 10.0. The molecule has 8 heteroatoms. The van der Waals surface area contributed by atoms with Gasteiger partial charge in [-0.2, -0.15) is 0 Å². The molecule has 8 nitrogen and oxygen atoms in total. The van der Waals surface area contributed by atoms with Crippen molar-refractivity contribution in [1.29, 1.82) is 0 Å². The van der Waals surface area contributed by atoms with Crippen LogP contribution in [-0.4, -0.2) is 40.2 Å². The van der Waals surface area contributed by atoms with Crippen LogP contribution in [0.5, 0.6) is 0 Å². The third kappa shape index (κ3) is 3.16. The topological polar surface area (TPSA) is 115 Å².